The second-order valence-electron chi connectivity index (χ2n) is 4.65. The summed E-state index contributed by atoms with van der Waals surface area (Å²) in [6.45, 7) is 6.58. The van der Waals surface area contributed by atoms with Crippen LogP contribution in [0.5, 0.6) is 0 Å². The number of aromatic amines is 1. The van der Waals surface area contributed by atoms with Crippen LogP contribution in [0.15, 0.2) is 6.07 Å². The molecule has 1 heterocycles. The molecule has 1 aliphatic rings. The fourth-order valence-corrected chi connectivity index (χ4v) is 2.40. The van der Waals surface area contributed by atoms with Crippen LogP contribution in [0.25, 0.3) is 0 Å². The van der Waals surface area contributed by atoms with Gasteiger partial charge in [-0.05, 0) is 37.8 Å². The summed E-state index contributed by atoms with van der Waals surface area (Å²) < 4.78 is 0. The van der Waals surface area contributed by atoms with Crippen molar-refractivity contribution in [2.45, 2.75) is 52.1 Å². The Hall–Kier alpha value is -0.760. The van der Waals surface area contributed by atoms with Crippen LogP contribution < -0.4 is 5.32 Å². The summed E-state index contributed by atoms with van der Waals surface area (Å²) in [7, 11) is 0. The van der Waals surface area contributed by atoms with Gasteiger partial charge >= 0.3 is 0 Å². The summed E-state index contributed by atoms with van der Waals surface area (Å²) in [6, 6.07) is 3.44. The third-order valence-electron chi connectivity index (χ3n) is 2.90. The van der Waals surface area contributed by atoms with Crippen LogP contribution >= 0.6 is 0 Å². The lowest BCUT2D eigenvalue weighted by atomic mass is 9.92. The van der Waals surface area contributed by atoms with Crippen LogP contribution in [0, 0.1) is 6.92 Å². The van der Waals surface area contributed by atoms with Crippen LogP contribution in [-0.2, 0) is 6.42 Å². The zero-order chi connectivity index (χ0) is 10.1. The van der Waals surface area contributed by atoms with E-state index in [-0.39, 0.29) is 0 Å². The Kier molecular flexibility index (Phi) is 2.64. The van der Waals surface area contributed by atoms with E-state index in [4.69, 9.17) is 0 Å². The van der Waals surface area contributed by atoms with E-state index >= 15 is 0 Å². The van der Waals surface area contributed by atoms with Gasteiger partial charge in [0, 0.05) is 23.5 Å². The first-order valence-electron chi connectivity index (χ1n) is 5.61. The first kappa shape index (κ1) is 9.78. The van der Waals surface area contributed by atoms with Gasteiger partial charge in [0.2, 0.25) is 0 Å². The number of nitrogens with one attached hydrogen (secondary N) is 2. The minimum absolute atomic E-state index is 0.571. The number of hydrogen-bond donors (Lipinski definition) is 2. The highest BCUT2D eigenvalue weighted by atomic mass is 14.9. The van der Waals surface area contributed by atoms with E-state index in [9.17, 15) is 0 Å². The first-order chi connectivity index (χ1) is 6.66. The Morgan fingerprint density at radius 3 is 3.00 bits per heavy atom. The molecule has 1 atom stereocenters. The molecule has 0 aliphatic heterocycles. The average Bonchev–Trinajstić information content (AvgIpc) is 2.45. The smallest absolute Gasteiger partial charge is 0.0340 e. The lowest BCUT2D eigenvalue weighted by Crippen LogP contribution is -2.30. The number of aromatic nitrogens is 1. The van der Waals surface area contributed by atoms with E-state index in [0.29, 0.717) is 12.1 Å². The van der Waals surface area contributed by atoms with Gasteiger partial charge in [-0.25, -0.2) is 0 Å². The molecule has 0 aromatic carbocycles. The van der Waals surface area contributed by atoms with Gasteiger partial charge in [0.1, 0.15) is 0 Å². The van der Waals surface area contributed by atoms with Gasteiger partial charge < -0.3 is 10.3 Å². The minimum atomic E-state index is 0.571. The van der Waals surface area contributed by atoms with E-state index in [0.717, 1.165) is 0 Å². The topological polar surface area (TPSA) is 27.8 Å². The van der Waals surface area contributed by atoms with Crippen molar-refractivity contribution >= 4 is 0 Å². The van der Waals surface area contributed by atoms with Gasteiger partial charge in [-0.15, -0.1) is 0 Å². The lowest BCUT2D eigenvalue weighted by Gasteiger charge is -2.25. The predicted molar refractivity (Wildman–Crippen MR) is 59.5 cm³/mol. The summed E-state index contributed by atoms with van der Waals surface area (Å²) in [4.78, 5) is 3.46. The molecule has 0 bridgehead atoms. The molecule has 1 aliphatic carbocycles. The van der Waals surface area contributed by atoms with Crippen LogP contribution in [-0.4, -0.2) is 11.0 Å². The van der Waals surface area contributed by atoms with Crippen molar-refractivity contribution in [3.63, 3.8) is 0 Å². The van der Waals surface area contributed by atoms with Gasteiger partial charge in [-0.1, -0.05) is 13.8 Å². The molecule has 0 fully saturated rings. The molecule has 2 N–H and O–H groups in total. The van der Waals surface area contributed by atoms with Gasteiger partial charge in [0.15, 0.2) is 0 Å². The van der Waals surface area contributed by atoms with Crippen molar-refractivity contribution in [3.05, 3.63) is 23.0 Å². The molecule has 0 saturated heterocycles. The van der Waals surface area contributed by atoms with Gasteiger partial charge in [0.25, 0.3) is 0 Å². The van der Waals surface area contributed by atoms with Crippen LogP contribution in [0.3, 0.4) is 0 Å². The van der Waals surface area contributed by atoms with E-state index < -0.39 is 0 Å². The number of fused-ring (bicyclic) bond motifs is 1. The Morgan fingerprint density at radius 2 is 2.29 bits per heavy atom. The number of rotatable bonds is 2. The summed E-state index contributed by atoms with van der Waals surface area (Å²) in [5.41, 5.74) is 4.25. The summed E-state index contributed by atoms with van der Waals surface area (Å²) in [5, 5.41) is 3.63. The zero-order valence-corrected chi connectivity index (χ0v) is 9.35. The molecular weight excluding hydrogens is 172 g/mol. The van der Waals surface area contributed by atoms with E-state index in [1.165, 1.54) is 36.2 Å². The van der Waals surface area contributed by atoms with Crippen LogP contribution in [0.1, 0.15) is 49.7 Å². The maximum atomic E-state index is 3.63. The molecular formula is C12H20N2. The van der Waals surface area contributed by atoms with Gasteiger partial charge in [0.05, 0.1) is 0 Å². The molecule has 2 nitrogen and oxygen atoms in total. The highest BCUT2D eigenvalue weighted by Gasteiger charge is 2.21. The molecule has 0 radical (unpaired) electrons. The number of hydrogen-bond acceptors (Lipinski definition) is 1. The van der Waals surface area contributed by atoms with Crippen LogP contribution in [0.4, 0.5) is 0 Å². The maximum absolute atomic E-state index is 3.63. The normalized spacial score (nSPS) is 21.3. The van der Waals surface area contributed by atoms with Gasteiger partial charge in [-0.3, -0.25) is 0 Å². The third kappa shape index (κ3) is 1.85. The van der Waals surface area contributed by atoms with Crippen molar-refractivity contribution in [3.8, 4) is 0 Å². The highest BCUT2D eigenvalue weighted by molar-refractivity contribution is 5.30. The molecule has 2 rings (SSSR count). The second-order valence-corrected chi connectivity index (χ2v) is 4.65. The predicted octanol–water partition coefficient (Wildman–Crippen LogP) is 2.70. The van der Waals surface area contributed by atoms with E-state index in [2.05, 4.69) is 37.1 Å². The third-order valence-corrected chi connectivity index (χ3v) is 2.90. The highest BCUT2D eigenvalue weighted by Crippen LogP contribution is 2.30. The molecule has 1 unspecified atom stereocenters. The molecule has 14 heavy (non-hydrogen) atoms. The summed E-state index contributed by atoms with van der Waals surface area (Å²) in [6.07, 6.45) is 3.80. The van der Waals surface area contributed by atoms with E-state index in [1.54, 1.807) is 0 Å². The fourth-order valence-electron chi connectivity index (χ4n) is 2.40. The monoisotopic (exact) mass is 192 g/mol. The van der Waals surface area contributed by atoms with Crippen molar-refractivity contribution < 1.29 is 0 Å². The van der Waals surface area contributed by atoms with Crippen molar-refractivity contribution in [1.82, 2.24) is 10.3 Å². The second kappa shape index (κ2) is 3.77. The minimum Gasteiger partial charge on any atom is -0.362 e. The zero-order valence-electron chi connectivity index (χ0n) is 9.35. The summed E-state index contributed by atoms with van der Waals surface area (Å²) in [5.74, 6) is 0. The van der Waals surface area contributed by atoms with Crippen molar-refractivity contribution in [2.75, 3.05) is 0 Å². The maximum Gasteiger partial charge on any atom is 0.0340 e. The SMILES string of the molecule is Cc1cc2c([nH]1)CCCC2NC(C)C. The number of H-pyrrole nitrogens is 1. The molecule has 0 amide bonds. The molecule has 1 aromatic heterocycles. The Balaban J connectivity index is 2.21. The molecule has 0 saturated carbocycles. The molecule has 2 heteroatoms. The summed E-state index contributed by atoms with van der Waals surface area (Å²) >= 11 is 0. The average molecular weight is 192 g/mol. The first-order valence-corrected chi connectivity index (χ1v) is 5.61. The fraction of sp³-hybridized carbons (Fsp3) is 0.667. The van der Waals surface area contributed by atoms with Gasteiger partial charge in [-0.2, -0.15) is 0 Å². The standard InChI is InChI=1S/C12H20N2/c1-8(2)13-11-5-4-6-12-10(11)7-9(3)14-12/h7-8,11,13-14H,4-6H2,1-3H3. The quantitative estimate of drug-likeness (QED) is 0.741. The Morgan fingerprint density at radius 1 is 1.50 bits per heavy atom. The molecule has 78 valence electrons. The lowest BCUT2D eigenvalue weighted by molar-refractivity contribution is 0.422. The largest absolute Gasteiger partial charge is 0.362 e. The Bertz CT molecular complexity index is 312. The van der Waals surface area contributed by atoms with Crippen LogP contribution in [0.2, 0.25) is 0 Å². The Labute approximate surface area is 86.1 Å². The molecule has 1 aromatic rings. The van der Waals surface area contributed by atoms with E-state index in [1.807, 2.05) is 0 Å². The number of aryl methyl sites for hydroxylation is 2. The molecule has 0 spiro atoms. The van der Waals surface area contributed by atoms with Crippen molar-refractivity contribution in [1.29, 1.82) is 0 Å². The van der Waals surface area contributed by atoms with Crippen molar-refractivity contribution in [2.24, 2.45) is 0 Å².